The standard InChI is InChI=1S/C19H20N2O/c22-19(15-7-2-1-3-8-15)20-11-6-12-21-17(14-20)13-16-9-4-5-10-18(16)21/h1-5,7-10,17H,6,11-14H2. The number of nitrogens with zero attached hydrogens (tertiary/aromatic N) is 2. The molecule has 0 bridgehead atoms. The van der Waals surface area contributed by atoms with Crippen molar-refractivity contribution in [2.75, 3.05) is 24.5 Å². The molecule has 2 heterocycles. The molecule has 2 aromatic carbocycles. The van der Waals surface area contributed by atoms with Gasteiger partial charge in [-0.1, -0.05) is 36.4 Å². The molecule has 2 aliphatic rings. The first-order chi connectivity index (χ1) is 10.8. The predicted molar refractivity (Wildman–Crippen MR) is 88.2 cm³/mol. The van der Waals surface area contributed by atoms with Gasteiger partial charge in [-0.05, 0) is 36.6 Å². The van der Waals surface area contributed by atoms with Gasteiger partial charge in [-0.3, -0.25) is 4.79 Å². The first-order valence-corrected chi connectivity index (χ1v) is 8.02. The van der Waals surface area contributed by atoms with Crippen molar-refractivity contribution in [3.63, 3.8) is 0 Å². The van der Waals surface area contributed by atoms with E-state index in [1.54, 1.807) is 0 Å². The van der Waals surface area contributed by atoms with E-state index in [-0.39, 0.29) is 5.91 Å². The molecule has 1 atom stereocenters. The van der Waals surface area contributed by atoms with Crippen LogP contribution in [-0.4, -0.2) is 36.5 Å². The van der Waals surface area contributed by atoms with Crippen molar-refractivity contribution in [1.82, 2.24) is 4.90 Å². The van der Waals surface area contributed by atoms with Crippen LogP contribution in [0.3, 0.4) is 0 Å². The molecular formula is C19H20N2O. The van der Waals surface area contributed by atoms with Gasteiger partial charge in [0, 0.05) is 30.9 Å². The van der Waals surface area contributed by atoms with E-state index in [0.29, 0.717) is 6.04 Å². The minimum absolute atomic E-state index is 0.165. The SMILES string of the molecule is O=C(c1ccccc1)N1CCCN2c3ccccc3CC2C1. The van der Waals surface area contributed by atoms with Crippen molar-refractivity contribution in [3.05, 3.63) is 65.7 Å². The zero-order chi connectivity index (χ0) is 14.9. The van der Waals surface area contributed by atoms with Crippen LogP contribution >= 0.6 is 0 Å². The Morgan fingerprint density at radius 1 is 0.955 bits per heavy atom. The summed E-state index contributed by atoms with van der Waals surface area (Å²) >= 11 is 0. The van der Waals surface area contributed by atoms with E-state index in [0.717, 1.165) is 38.0 Å². The first kappa shape index (κ1) is 13.4. The molecule has 112 valence electrons. The van der Waals surface area contributed by atoms with Gasteiger partial charge in [-0.2, -0.15) is 0 Å². The summed E-state index contributed by atoms with van der Waals surface area (Å²) in [5, 5.41) is 0. The number of anilines is 1. The number of carbonyl (C=O) groups is 1. The van der Waals surface area contributed by atoms with Crippen molar-refractivity contribution in [3.8, 4) is 0 Å². The topological polar surface area (TPSA) is 23.6 Å². The van der Waals surface area contributed by atoms with Gasteiger partial charge in [0.25, 0.3) is 5.91 Å². The lowest BCUT2D eigenvalue weighted by Gasteiger charge is -2.27. The van der Waals surface area contributed by atoms with Gasteiger partial charge in [0.2, 0.25) is 0 Å². The third kappa shape index (κ3) is 2.27. The molecule has 1 fully saturated rings. The number of fused-ring (bicyclic) bond motifs is 3. The van der Waals surface area contributed by atoms with Crippen LogP contribution in [0, 0.1) is 0 Å². The van der Waals surface area contributed by atoms with E-state index in [1.165, 1.54) is 11.3 Å². The van der Waals surface area contributed by atoms with E-state index < -0.39 is 0 Å². The summed E-state index contributed by atoms with van der Waals surface area (Å²) in [5.41, 5.74) is 3.58. The fourth-order valence-corrected chi connectivity index (χ4v) is 3.72. The van der Waals surface area contributed by atoms with E-state index >= 15 is 0 Å². The van der Waals surface area contributed by atoms with Crippen LogP contribution in [0.25, 0.3) is 0 Å². The van der Waals surface area contributed by atoms with Crippen LogP contribution in [0.2, 0.25) is 0 Å². The fraction of sp³-hybridized carbons (Fsp3) is 0.316. The molecule has 3 nitrogen and oxygen atoms in total. The molecule has 0 saturated carbocycles. The Morgan fingerprint density at radius 2 is 1.73 bits per heavy atom. The van der Waals surface area contributed by atoms with Crippen molar-refractivity contribution >= 4 is 11.6 Å². The second-order valence-corrected chi connectivity index (χ2v) is 6.15. The maximum absolute atomic E-state index is 12.7. The third-order valence-corrected chi connectivity index (χ3v) is 4.76. The third-order valence-electron chi connectivity index (χ3n) is 4.76. The number of rotatable bonds is 1. The maximum atomic E-state index is 12.7. The molecule has 0 spiro atoms. The zero-order valence-corrected chi connectivity index (χ0v) is 12.6. The van der Waals surface area contributed by atoms with Crippen LogP contribution in [0.15, 0.2) is 54.6 Å². The van der Waals surface area contributed by atoms with Crippen LogP contribution < -0.4 is 4.90 Å². The number of amides is 1. The molecule has 2 aliphatic heterocycles. The minimum atomic E-state index is 0.165. The molecule has 3 heteroatoms. The fourth-order valence-electron chi connectivity index (χ4n) is 3.72. The average Bonchev–Trinajstić information content (AvgIpc) is 2.78. The smallest absolute Gasteiger partial charge is 0.253 e. The Hall–Kier alpha value is -2.29. The van der Waals surface area contributed by atoms with E-state index in [4.69, 9.17) is 0 Å². The number of para-hydroxylation sites is 1. The zero-order valence-electron chi connectivity index (χ0n) is 12.6. The van der Waals surface area contributed by atoms with Gasteiger partial charge in [0.15, 0.2) is 0 Å². The largest absolute Gasteiger partial charge is 0.366 e. The number of hydrogen-bond donors (Lipinski definition) is 0. The van der Waals surface area contributed by atoms with Crippen molar-refractivity contribution in [2.24, 2.45) is 0 Å². The highest BCUT2D eigenvalue weighted by atomic mass is 16.2. The summed E-state index contributed by atoms with van der Waals surface area (Å²) in [6, 6.07) is 18.7. The predicted octanol–water partition coefficient (Wildman–Crippen LogP) is 2.96. The van der Waals surface area contributed by atoms with Crippen LogP contribution in [0.4, 0.5) is 5.69 Å². The summed E-state index contributed by atoms with van der Waals surface area (Å²) < 4.78 is 0. The Balaban J connectivity index is 1.56. The lowest BCUT2D eigenvalue weighted by atomic mass is 10.1. The number of hydrogen-bond acceptors (Lipinski definition) is 2. The lowest BCUT2D eigenvalue weighted by molar-refractivity contribution is 0.0755. The van der Waals surface area contributed by atoms with Gasteiger partial charge < -0.3 is 9.80 Å². The molecular weight excluding hydrogens is 272 g/mol. The molecule has 0 radical (unpaired) electrons. The highest BCUT2D eigenvalue weighted by molar-refractivity contribution is 5.94. The molecule has 0 aliphatic carbocycles. The lowest BCUT2D eigenvalue weighted by Crippen LogP contribution is -2.41. The summed E-state index contributed by atoms with van der Waals surface area (Å²) in [7, 11) is 0. The summed E-state index contributed by atoms with van der Waals surface area (Å²) in [4.78, 5) is 17.2. The van der Waals surface area contributed by atoms with Crippen molar-refractivity contribution in [1.29, 1.82) is 0 Å². The van der Waals surface area contributed by atoms with Crippen molar-refractivity contribution < 1.29 is 4.79 Å². The van der Waals surface area contributed by atoms with Crippen LogP contribution in [0.1, 0.15) is 22.3 Å². The van der Waals surface area contributed by atoms with Crippen LogP contribution in [0.5, 0.6) is 0 Å². The second-order valence-electron chi connectivity index (χ2n) is 6.15. The van der Waals surface area contributed by atoms with E-state index in [2.05, 4.69) is 29.2 Å². The Morgan fingerprint density at radius 3 is 2.59 bits per heavy atom. The molecule has 22 heavy (non-hydrogen) atoms. The van der Waals surface area contributed by atoms with Crippen LogP contribution in [-0.2, 0) is 6.42 Å². The quantitative estimate of drug-likeness (QED) is 0.807. The van der Waals surface area contributed by atoms with Gasteiger partial charge in [0.1, 0.15) is 0 Å². The Labute approximate surface area is 131 Å². The van der Waals surface area contributed by atoms with Gasteiger partial charge in [-0.25, -0.2) is 0 Å². The minimum Gasteiger partial charge on any atom is -0.366 e. The Bertz CT molecular complexity index is 683. The molecule has 0 aromatic heterocycles. The van der Waals surface area contributed by atoms with Gasteiger partial charge in [-0.15, -0.1) is 0 Å². The van der Waals surface area contributed by atoms with E-state index in [9.17, 15) is 4.79 Å². The molecule has 1 amide bonds. The molecule has 4 rings (SSSR count). The Kier molecular flexibility index (Phi) is 3.34. The highest BCUT2D eigenvalue weighted by Crippen LogP contribution is 2.33. The molecule has 0 N–H and O–H groups in total. The van der Waals surface area contributed by atoms with Crippen molar-refractivity contribution in [2.45, 2.75) is 18.9 Å². The summed E-state index contributed by atoms with van der Waals surface area (Å²) in [6.45, 7) is 2.71. The first-order valence-electron chi connectivity index (χ1n) is 8.02. The average molecular weight is 292 g/mol. The highest BCUT2D eigenvalue weighted by Gasteiger charge is 2.33. The summed E-state index contributed by atoms with van der Waals surface area (Å²) in [5.74, 6) is 0.165. The maximum Gasteiger partial charge on any atom is 0.253 e. The molecule has 1 unspecified atom stereocenters. The van der Waals surface area contributed by atoms with E-state index in [1.807, 2.05) is 35.2 Å². The second kappa shape index (κ2) is 5.48. The molecule has 2 aromatic rings. The normalized spacial score (nSPS) is 20.3. The number of carbonyl (C=O) groups excluding carboxylic acids is 1. The van der Waals surface area contributed by atoms with Gasteiger partial charge >= 0.3 is 0 Å². The number of benzene rings is 2. The molecule has 1 saturated heterocycles. The van der Waals surface area contributed by atoms with Gasteiger partial charge in [0.05, 0.1) is 6.04 Å². The summed E-state index contributed by atoms with van der Waals surface area (Å²) in [6.07, 6.45) is 2.08. The monoisotopic (exact) mass is 292 g/mol.